The summed E-state index contributed by atoms with van der Waals surface area (Å²) >= 11 is 0. The van der Waals surface area contributed by atoms with Crippen molar-refractivity contribution in [3.63, 3.8) is 0 Å². The summed E-state index contributed by atoms with van der Waals surface area (Å²) in [4.78, 5) is 14.6. The summed E-state index contributed by atoms with van der Waals surface area (Å²) in [6, 6.07) is 17.4. The van der Waals surface area contributed by atoms with E-state index in [1.54, 1.807) is 0 Å². The minimum atomic E-state index is -0.0848. The number of ether oxygens (including phenoxy) is 1. The van der Waals surface area contributed by atoms with Gasteiger partial charge < -0.3 is 20.7 Å². The fraction of sp³-hybridized carbons (Fsp3) is 0.444. The van der Waals surface area contributed by atoms with Crippen molar-refractivity contribution >= 4 is 23.0 Å². The Balaban J connectivity index is 1.37. The molecule has 0 radical (unpaired) electrons. The van der Waals surface area contributed by atoms with E-state index in [1.165, 1.54) is 33.9 Å². The van der Waals surface area contributed by atoms with Gasteiger partial charge in [-0.05, 0) is 57.4 Å². The molecule has 1 amide bonds. The molecule has 0 spiro atoms. The van der Waals surface area contributed by atoms with Crippen LogP contribution in [0.15, 0.2) is 84.6 Å². The van der Waals surface area contributed by atoms with Crippen LogP contribution >= 0.6 is 0 Å². The van der Waals surface area contributed by atoms with E-state index in [1.807, 2.05) is 0 Å². The highest BCUT2D eigenvalue weighted by Crippen LogP contribution is 2.47. The number of carbonyl (C=O) groups is 1. The highest BCUT2D eigenvalue weighted by Gasteiger charge is 2.42. The third-order valence-corrected chi connectivity index (χ3v) is 8.62. The maximum Gasteiger partial charge on any atom is 0.221 e. The van der Waals surface area contributed by atoms with E-state index in [0.717, 1.165) is 32.2 Å². The highest BCUT2D eigenvalue weighted by molar-refractivity contribution is 6.03. The van der Waals surface area contributed by atoms with Crippen molar-refractivity contribution in [2.45, 2.75) is 70.6 Å². The fourth-order valence-corrected chi connectivity index (χ4v) is 6.25. The molecule has 2 aromatic rings. The average molecular weight is 570 g/mol. The van der Waals surface area contributed by atoms with Crippen molar-refractivity contribution in [3.8, 4) is 0 Å². The van der Waals surface area contributed by atoms with Crippen LogP contribution in [0, 0.1) is 0 Å². The first-order chi connectivity index (χ1) is 20.2. The first-order valence-electron chi connectivity index (χ1n) is 15.4. The number of fused-ring (bicyclic) bond motifs is 2. The van der Waals surface area contributed by atoms with Crippen LogP contribution in [0.4, 0.5) is 11.4 Å². The van der Waals surface area contributed by atoms with Crippen LogP contribution in [-0.2, 0) is 20.4 Å². The Kier molecular flexibility index (Phi) is 10.6. The monoisotopic (exact) mass is 569 g/mol. The highest BCUT2D eigenvalue weighted by atomic mass is 16.5. The number of unbranched alkanes of at least 4 members (excludes halogenated alkanes) is 2. The third kappa shape index (κ3) is 6.93. The number of allylic oxidation sites excluding steroid dienone is 6. The maximum absolute atomic E-state index is 12.1. The summed E-state index contributed by atoms with van der Waals surface area (Å²) in [5, 5.41) is 2.83. The molecular formula is C36H49N4O2+. The number of para-hydroxylation sites is 2. The van der Waals surface area contributed by atoms with E-state index in [4.69, 9.17) is 10.5 Å². The van der Waals surface area contributed by atoms with Crippen LogP contribution in [0.3, 0.4) is 0 Å². The van der Waals surface area contributed by atoms with Crippen LogP contribution < -0.4 is 16.0 Å². The zero-order valence-electron chi connectivity index (χ0n) is 26.2. The summed E-state index contributed by atoms with van der Waals surface area (Å²) in [6.07, 6.45) is 15.2. The Morgan fingerprint density at radius 3 is 2.43 bits per heavy atom. The minimum Gasteiger partial charge on any atom is -0.361 e. The normalized spacial score (nSPS) is 18.0. The van der Waals surface area contributed by atoms with Gasteiger partial charge in [0.2, 0.25) is 11.6 Å². The van der Waals surface area contributed by atoms with Gasteiger partial charge in [0.15, 0.2) is 5.71 Å². The zero-order valence-corrected chi connectivity index (χ0v) is 26.2. The van der Waals surface area contributed by atoms with Crippen LogP contribution in [0.1, 0.15) is 70.9 Å². The number of anilines is 1. The van der Waals surface area contributed by atoms with Gasteiger partial charge in [0, 0.05) is 47.5 Å². The zero-order chi connectivity index (χ0) is 30.2. The molecule has 3 N–H and O–H groups in total. The quantitative estimate of drug-likeness (QED) is 0.118. The van der Waals surface area contributed by atoms with Gasteiger partial charge in [-0.2, -0.15) is 4.58 Å². The van der Waals surface area contributed by atoms with Gasteiger partial charge in [-0.3, -0.25) is 4.79 Å². The number of rotatable bonds is 14. The minimum absolute atomic E-state index is 0.0288. The summed E-state index contributed by atoms with van der Waals surface area (Å²) in [6.45, 7) is 11.6. The van der Waals surface area contributed by atoms with E-state index >= 15 is 0 Å². The second kappa shape index (κ2) is 14.1. The number of carbonyl (C=O) groups excluding carboxylic acids is 1. The number of nitrogens with one attached hydrogen (secondary N) is 1. The largest absolute Gasteiger partial charge is 0.361 e. The Morgan fingerprint density at radius 2 is 1.67 bits per heavy atom. The first-order valence-corrected chi connectivity index (χ1v) is 15.4. The van der Waals surface area contributed by atoms with Gasteiger partial charge in [0.05, 0.1) is 12.0 Å². The second-order valence-electron chi connectivity index (χ2n) is 12.3. The Morgan fingerprint density at radius 1 is 0.929 bits per heavy atom. The van der Waals surface area contributed by atoms with Crippen molar-refractivity contribution < 1.29 is 14.1 Å². The van der Waals surface area contributed by atoms with E-state index in [2.05, 4.69) is 128 Å². The molecule has 0 aromatic heterocycles. The number of nitrogens with two attached hydrogens (primary N) is 1. The van der Waals surface area contributed by atoms with E-state index in [-0.39, 0.29) is 23.5 Å². The lowest BCUT2D eigenvalue weighted by molar-refractivity contribution is -0.401. The lowest BCUT2D eigenvalue weighted by Gasteiger charge is -2.27. The van der Waals surface area contributed by atoms with Crippen LogP contribution in [0.2, 0.25) is 0 Å². The number of hydrogen-bond donors (Lipinski definition) is 2. The van der Waals surface area contributed by atoms with Gasteiger partial charge in [0.25, 0.3) is 0 Å². The molecule has 6 nitrogen and oxygen atoms in total. The predicted octanol–water partition coefficient (Wildman–Crippen LogP) is 6.49. The SMILES string of the molecule is C[N+]1=C(/C=C/C=C/C=C2/N(CCCCCC(=O)NCOCCCN)c3ccccc3C2(C)C)C(C)(C)c2ccccc21. The molecular weight excluding hydrogens is 520 g/mol. The van der Waals surface area contributed by atoms with Crippen LogP contribution in [-0.4, -0.2) is 49.7 Å². The van der Waals surface area contributed by atoms with Gasteiger partial charge >= 0.3 is 0 Å². The molecule has 0 saturated carbocycles. The predicted molar refractivity (Wildman–Crippen MR) is 175 cm³/mol. The van der Waals surface area contributed by atoms with Crippen molar-refractivity contribution in [2.24, 2.45) is 5.73 Å². The van der Waals surface area contributed by atoms with Gasteiger partial charge in [0.1, 0.15) is 13.8 Å². The topological polar surface area (TPSA) is 70.6 Å². The Hall–Kier alpha value is -3.48. The van der Waals surface area contributed by atoms with Crippen LogP contribution in [0.5, 0.6) is 0 Å². The molecule has 0 bridgehead atoms. The molecule has 4 rings (SSSR count). The number of hydrogen-bond acceptors (Lipinski definition) is 4. The number of amides is 1. The maximum atomic E-state index is 12.1. The van der Waals surface area contributed by atoms with E-state index in [0.29, 0.717) is 19.6 Å². The van der Waals surface area contributed by atoms with E-state index < -0.39 is 0 Å². The number of benzene rings is 2. The molecule has 0 atom stereocenters. The standard InChI is InChI=1S/C36H48N4O2/c1-35(2)28-17-11-13-19-30(28)39(5)32(35)21-8-6-9-22-33-36(3,4)29-18-12-14-20-31(29)40(33)25-15-7-10-23-34(41)38-27-42-26-16-24-37/h6,8-9,11-14,17-22H,7,10,15-16,23-27,37H2,1-5H3/p+1. The molecule has 2 aliphatic heterocycles. The van der Waals surface area contributed by atoms with Crippen LogP contribution in [0.25, 0.3) is 0 Å². The molecule has 42 heavy (non-hydrogen) atoms. The molecule has 0 fully saturated rings. The third-order valence-electron chi connectivity index (χ3n) is 8.62. The lowest BCUT2D eigenvalue weighted by atomic mass is 9.81. The van der Waals surface area contributed by atoms with Crippen molar-refractivity contribution in [2.75, 3.05) is 38.4 Å². The fourth-order valence-electron chi connectivity index (χ4n) is 6.25. The summed E-state index contributed by atoms with van der Waals surface area (Å²) in [5.41, 5.74) is 13.2. The average Bonchev–Trinajstić information content (AvgIpc) is 3.31. The molecule has 2 aromatic carbocycles. The summed E-state index contributed by atoms with van der Waals surface area (Å²) in [5.74, 6) is 0.0448. The molecule has 0 saturated heterocycles. The van der Waals surface area contributed by atoms with Gasteiger partial charge in [-0.15, -0.1) is 0 Å². The molecule has 0 unspecified atom stereocenters. The summed E-state index contributed by atoms with van der Waals surface area (Å²) < 4.78 is 7.67. The summed E-state index contributed by atoms with van der Waals surface area (Å²) in [7, 11) is 2.15. The lowest BCUT2D eigenvalue weighted by Crippen LogP contribution is -2.27. The Bertz CT molecular complexity index is 1370. The molecule has 2 heterocycles. The molecule has 224 valence electrons. The molecule has 6 heteroatoms. The molecule has 2 aliphatic rings. The Labute approximate surface area is 252 Å². The number of nitrogens with zero attached hydrogens (tertiary/aromatic N) is 2. The molecule has 0 aliphatic carbocycles. The first kappa shape index (κ1) is 31.5. The van der Waals surface area contributed by atoms with Crippen molar-refractivity contribution in [3.05, 3.63) is 95.7 Å². The van der Waals surface area contributed by atoms with E-state index in [9.17, 15) is 4.79 Å². The van der Waals surface area contributed by atoms with Gasteiger partial charge in [-0.1, -0.05) is 74.9 Å². The van der Waals surface area contributed by atoms with Gasteiger partial charge in [-0.25, -0.2) is 0 Å². The smallest absolute Gasteiger partial charge is 0.221 e. The second-order valence-corrected chi connectivity index (χ2v) is 12.3. The van der Waals surface area contributed by atoms with Crippen molar-refractivity contribution in [1.82, 2.24) is 5.32 Å². The van der Waals surface area contributed by atoms with Crippen molar-refractivity contribution in [1.29, 1.82) is 0 Å².